The third kappa shape index (κ3) is 5.17. The Labute approximate surface area is 185 Å². The van der Waals surface area contributed by atoms with Crippen molar-refractivity contribution in [2.75, 3.05) is 26.2 Å². The number of carbonyl (C=O) groups excluding carboxylic acids is 1. The number of hydrogen-bond donors (Lipinski definition) is 1. The van der Waals surface area contributed by atoms with Crippen LogP contribution in [-0.2, 0) is 16.6 Å². The van der Waals surface area contributed by atoms with Crippen molar-refractivity contribution in [3.05, 3.63) is 65.2 Å². The van der Waals surface area contributed by atoms with Crippen LogP contribution in [0.1, 0.15) is 47.2 Å². The number of nitrogens with one attached hydrogen (secondary N) is 1. The zero-order valence-corrected chi connectivity index (χ0v) is 18.9. The summed E-state index contributed by atoms with van der Waals surface area (Å²) in [6.45, 7) is 5.95. The van der Waals surface area contributed by atoms with E-state index in [2.05, 4.69) is 9.62 Å². The van der Waals surface area contributed by atoms with Crippen molar-refractivity contribution in [2.45, 2.75) is 50.1 Å². The molecule has 2 aliphatic rings. The van der Waals surface area contributed by atoms with E-state index >= 15 is 0 Å². The number of likely N-dealkylation sites (tertiary alicyclic amines) is 2. The number of hydrogen-bond acceptors (Lipinski definition) is 4. The molecule has 0 aliphatic carbocycles. The molecule has 2 saturated heterocycles. The third-order valence-electron chi connectivity index (χ3n) is 6.36. The van der Waals surface area contributed by atoms with Crippen LogP contribution in [0, 0.1) is 6.92 Å². The van der Waals surface area contributed by atoms with Crippen LogP contribution in [0.5, 0.6) is 0 Å². The lowest BCUT2D eigenvalue weighted by Crippen LogP contribution is -2.42. The molecule has 2 aromatic carbocycles. The van der Waals surface area contributed by atoms with Crippen molar-refractivity contribution < 1.29 is 13.2 Å². The Morgan fingerprint density at radius 1 is 1.03 bits per heavy atom. The van der Waals surface area contributed by atoms with Gasteiger partial charge in [0.2, 0.25) is 10.0 Å². The molecule has 2 heterocycles. The largest absolute Gasteiger partial charge is 0.334 e. The molecule has 0 spiro atoms. The van der Waals surface area contributed by atoms with Crippen LogP contribution < -0.4 is 4.72 Å². The van der Waals surface area contributed by atoms with Crippen molar-refractivity contribution in [2.24, 2.45) is 0 Å². The number of sulfonamides is 1. The minimum Gasteiger partial charge on any atom is -0.334 e. The molecule has 4 rings (SSSR count). The van der Waals surface area contributed by atoms with E-state index in [1.165, 1.54) is 18.9 Å². The molecule has 1 amide bonds. The number of rotatable bonds is 7. The highest BCUT2D eigenvalue weighted by molar-refractivity contribution is 7.89. The molecule has 1 N–H and O–H groups in total. The molecule has 31 heavy (non-hydrogen) atoms. The quantitative estimate of drug-likeness (QED) is 0.717. The van der Waals surface area contributed by atoms with Gasteiger partial charge >= 0.3 is 0 Å². The van der Waals surface area contributed by atoms with Crippen molar-refractivity contribution in [3.8, 4) is 0 Å². The average molecular weight is 442 g/mol. The van der Waals surface area contributed by atoms with Crippen LogP contribution in [0.25, 0.3) is 0 Å². The zero-order valence-electron chi connectivity index (χ0n) is 18.1. The van der Waals surface area contributed by atoms with Crippen LogP contribution >= 0.6 is 0 Å². The van der Waals surface area contributed by atoms with Gasteiger partial charge in [-0.2, -0.15) is 0 Å². The highest BCUT2D eigenvalue weighted by Crippen LogP contribution is 2.25. The molecule has 166 valence electrons. The Morgan fingerprint density at radius 3 is 2.52 bits per heavy atom. The van der Waals surface area contributed by atoms with Gasteiger partial charge < -0.3 is 9.80 Å². The predicted molar refractivity (Wildman–Crippen MR) is 121 cm³/mol. The molecule has 0 saturated carbocycles. The van der Waals surface area contributed by atoms with Crippen LogP contribution in [0.3, 0.4) is 0 Å². The zero-order chi connectivity index (χ0) is 21.8. The van der Waals surface area contributed by atoms with Gasteiger partial charge in [-0.15, -0.1) is 0 Å². The number of nitrogens with zero attached hydrogens (tertiary/aromatic N) is 2. The summed E-state index contributed by atoms with van der Waals surface area (Å²) in [7, 11) is -3.72. The molecule has 2 aromatic rings. The molecule has 1 atom stereocenters. The number of carbonyl (C=O) groups is 1. The molecule has 2 aliphatic heterocycles. The van der Waals surface area contributed by atoms with E-state index in [-0.39, 0.29) is 23.4 Å². The SMILES string of the molecule is Cc1ccc(S(=O)(=O)NCc2ccccc2)cc1C(=O)N1CCCC1CN1CCCC1. The van der Waals surface area contributed by atoms with E-state index in [4.69, 9.17) is 0 Å². The van der Waals surface area contributed by atoms with E-state index in [1.807, 2.05) is 42.2 Å². The van der Waals surface area contributed by atoms with E-state index in [0.717, 1.165) is 50.1 Å². The molecule has 2 fully saturated rings. The lowest BCUT2D eigenvalue weighted by molar-refractivity contribution is 0.0708. The molecule has 0 aromatic heterocycles. The van der Waals surface area contributed by atoms with Gasteiger partial charge in [0.1, 0.15) is 0 Å². The molecule has 6 nitrogen and oxygen atoms in total. The highest BCUT2D eigenvalue weighted by Gasteiger charge is 2.32. The van der Waals surface area contributed by atoms with Gasteiger partial charge in [-0.3, -0.25) is 4.79 Å². The summed E-state index contributed by atoms with van der Waals surface area (Å²) < 4.78 is 28.4. The Morgan fingerprint density at radius 2 is 1.77 bits per heavy atom. The summed E-state index contributed by atoms with van der Waals surface area (Å²) in [6.07, 6.45) is 4.48. The fourth-order valence-corrected chi connectivity index (χ4v) is 5.61. The first-order chi connectivity index (χ1) is 14.9. The van der Waals surface area contributed by atoms with Crippen LogP contribution in [-0.4, -0.2) is 56.3 Å². The molecule has 7 heteroatoms. The standard InChI is InChI=1S/C24H31N3O3S/c1-19-11-12-22(31(29,30)25-17-20-8-3-2-4-9-20)16-23(19)24(28)27-15-7-10-21(27)18-26-13-5-6-14-26/h2-4,8-9,11-12,16,21,25H,5-7,10,13-15,17-18H2,1H3. The van der Waals surface area contributed by atoms with Crippen molar-refractivity contribution in [1.82, 2.24) is 14.5 Å². The Hall–Kier alpha value is -2.22. The second-order valence-electron chi connectivity index (χ2n) is 8.59. The van der Waals surface area contributed by atoms with Gasteiger partial charge in [0.05, 0.1) is 4.90 Å². The average Bonchev–Trinajstić information content (AvgIpc) is 3.45. The summed E-state index contributed by atoms with van der Waals surface area (Å²) in [5.41, 5.74) is 2.17. The summed E-state index contributed by atoms with van der Waals surface area (Å²) in [4.78, 5) is 17.9. The number of amides is 1. The minimum absolute atomic E-state index is 0.0562. The lowest BCUT2D eigenvalue weighted by atomic mass is 10.1. The predicted octanol–water partition coefficient (Wildman–Crippen LogP) is 3.17. The normalized spacial score (nSPS) is 19.8. The van der Waals surface area contributed by atoms with E-state index in [1.54, 1.807) is 12.1 Å². The van der Waals surface area contributed by atoms with Gasteiger partial charge in [0, 0.05) is 31.2 Å². The summed E-state index contributed by atoms with van der Waals surface area (Å²) >= 11 is 0. The topological polar surface area (TPSA) is 69.7 Å². The fraction of sp³-hybridized carbons (Fsp3) is 0.458. The summed E-state index contributed by atoms with van der Waals surface area (Å²) in [6, 6.07) is 14.5. The number of aryl methyl sites for hydroxylation is 1. The maximum atomic E-state index is 13.4. The van der Waals surface area contributed by atoms with Crippen molar-refractivity contribution >= 4 is 15.9 Å². The third-order valence-corrected chi connectivity index (χ3v) is 7.76. The Balaban J connectivity index is 1.50. The molecular formula is C24H31N3O3S. The molecule has 0 radical (unpaired) electrons. The van der Waals surface area contributed by atoms with Gasteiger partial charge in [0.25, 0.3) is 5.91 Å². The van der Waals surface area contributed by atoms with Crippen molar-refractivity contribution in [3.63, 3.8) is 0 Å². The maximum Gasteiger partial charge on any atom is 0.254 e. The molecule has 0 bridgehead atoms. The van der Waals surface area contributed by atoms with Crippen LogP contribution in [0.15, 0.2) is 53.4 Å². The van der Waals surface area contributed by atoms with E-state index < -0.39 is 10.0 Å². The lowest BCUT2D eigenvalue weighted by Gasteiger charge is -2.29. The summed E-state index contributed by atoms with van der Waals surface area (Å²) in [5, 5.41) is 0. The van der Waals surface area contributed by atoms with E-state index in [9.17, 15) is 13.2 Å². The second kappa shape index (κ2) is 9.51. The van der Waals surface area contributed by atoms with E-state index in [0.29, 0.717) is 5.56 Å². The highest BCUT2D eigenvalue weighted by atomic mass is 32.2. The fourth-order valence-electron chi connectivity index (χ4n) is 4.57. The summed E-state index contributed by atoms with van der Waals surface area (Å²) in [5.74, 6) is -0.0562. The Kier molecular flexibility index (Phi) is 6.74. The first kappa shape index (κ1) is 22.0. The first-order valence-electron chi connectivity index (χ1n) is 11.1. The maximum absolute atomic E-state index is 13.4. The van der Waals surface area contributed by atoms with Gasteiger partial charge in [-0.25, -0.2) is 13.1 Å². The molecule has 1 unspecified atom stereocenters. The monoisotopic (exact) mass is 441 g/mol. The van der Waals surface area contributed by atoms with Gasteiger partial charge in [-0.1, -0.05) is 36.4 Å². The second-order valence-corrected chi connectivity index (χ2v) is 10.4. The van der Waals surface area contributed by atoms with Gasteiger partial charge in [0.15, 0.2) is 0 Å². The van der Waals surface area contributed by atoms with Crippen molar-refractivity contribution in [1.29, 1.82) is 0 Å². The van der Waals surface area contributed by atoms with Gasteiger partial charge in [-0.05, 0) is 69.0 Å². The smallest absolute Gasteiger partial charge is 0.254 e. The number of benzene rings is 2. The van der Waals surface area contributed by atoms with Crippen LogP contribution in [0.4, 0.5) is 0 Å². The Bertz CT molecular complexity index is 1020. The van der Waals surface area contributed by atoms with Crippen LogP contribution in [0.2, 0.25) is 0 Å². The minimum atomic E-state index is -3.72. The first-order valence-corrected chi connectivity index (χ1v) is 12.6. The molecular weight excluding hydrogens is 410 g/mol.